The number of benzene rings is 1. The molecular formula is C20H28N4. The van der Waals surface area contributed by atoms with Crippen LogP contribution in [0.25, 0.3) is 0 Å². The van der Waals surface area contributed by atoms with Gasteiger partial charge >= 0.3 is 0 Å². The highest BCUT2D eigenvalue weighted by Gasteiger charge is 2.42. The molecule has 1 saturated carbocycles. The zero-order valence-electron chi connectivity index (χ0n) is 14.6. The summed E-state index contributed by atoms with van der Waals surface area (Å²) in [6, 6.07) is 13.7. The Balaban J connectivity index is 1.33. The van der Waals surface area contributed by atoms with E-state index in [0.717, 1.165) is 31.5 Å². The summed E-state index contributed by atoms with van der Waals surface area (Å²) >= 11 is 0. The first-order chi connectivity index (χ1) is 11.8. The number of hydrogen-bond acceptors (Lipinski definition) is 3. The second kappa shape index (κ2) is 7.08. The highest BCUT2D eigenvalue weighted by Crippen LogP contribution is 2.38. The molecule has 4 heteroatoms. The molecule has 0 spiro atoms. The van der Waals surface area contributed by atoms with Gasteiger partial charge in [-0.25, -0.2) is 0 Å². The van der Waals surface area contributed by atoms with Crippen molar-refractivity contribution in [3.05, 3.63) is 53.9 Å². The summed E-state index contributed by atoms with van der Waals surface area (Å²) in [5.74, 6) is 1.69. The van der Waals surface area contributed by atoms with Crippen molar-refractivity contribution < 1.29 is 0 Å². The third-order valence-electron chi connectivity index (χ3n) is 5.83. The normalized spacial score (nSPS) is 26.8. The molecule has 2 aromatic rings. The van der Waals surface area contributed by atoms with Gasteiger partial charge in [0.15, 0.2) is 0 Å². The molecule has 1 aromatic heterocycles. The fourth-order valence-electron chi connectivity index (χ4n) is 4.61. The highest BCUT2D eigenvalue weighted by molar-refractivity contribution is 5.15. The van der Waals surface area contributed by atoms with Crippen molar-refractivity contribution >= 4 is 0 Å². The average Bonchev–Trinajstić information content (AvgIpc) is 3.29. The largest absolute Gasteiger partial charge is 0.308 e. The second-order valence-corrected chi connectivity index (χ2v) is 7.31. The van der Waals surface area contributed by atoms with Gasteiger partial charge in [-0.15, -0.1) is 0 Å². The van der Waals surface area contributed by atoms with Crippen molar-refractivity contribution in [1.29, 1.82) is 0 Å². The lowest BCUT2D eigenvalue weighted by Crippen LogP contribution is -2.35. The Morgan fingerprint density at radius 3 is 2.83 bits per heavy atom. The van der Waals surface area contributed by atoms with Crippen LogP contribution >= 0.6 is 0 Å². The van der Waals surface area contributed by atoms with E-state index >= 15 is 0 Å². The molecule has 3 unspecified atom stereocenters. The van der Waals surface area contributed by atoms with Crippen LogP contribution in [0.15, 0.2) is 42.6 Å². The fourth-order valence-corrected chi connectivity index (χ4v) is 4.61. The van der Waals surface area contributed by atoms with Gasteiger partial charge in [-0.1, -0.05) is 30.3 Å². The molecule has 2 aliphatic rings. The molecule has 0 radical (unpaired) electrons. The number of nitrogens with zero attached hydrogens (tertiary/aromatic N) is 3. The quantitative estimate of drug-likeness (QED) is 0.887. The molecule has 1 aliphatic carbocycles. The van der Waals surface area contributed by atoms with Gasteiger partial charge in [-0.3, -0.25) is 9.58 Å². The monoisotopic (exact) mass is 324 g/mol. The highest BCUT2D eigenvalue weighted by atomic mass is 15.3. The Morgan fingerprint density at radius 1 is 1.12 bits per heavy atom. The Bertz CT molecular complexity index is 651. The topological polar surface area (TPSA) is 33.1 Å². The average molecular weight is 324 g/mol. The molecule has 0 bridgehead atoms. The van der Waals surface area contributed by atoms with Crippen LogP contribution in [-0.2, 0) is 19.6 Å². The van der Waals surface area contributed by atoms with E-state index in [4.69, 9.17) is 0 Å². The number of rotatable bonds is 6. The summed E-state index contributed by atoms with van der Waals surface area (Å²) in [5, 5.41) is 8.20. The van der Waals surface area contributed by atoms with Crippen molar-refractivity contribution in [3.8, 4) is 0 Å². The van der Waals surface area contributed by atoms with Gasteiger partial charge in [-0.2, -0.15) is 5.10 Å². The Labute approximate surface area is 144 Å². The van der Waals surface area contributed by atoms with E-state index in [9.17, 15) is 0 Å². The molecule has 2 heterocycles. The van der Waals surface area contributed by atoms with Crippen LogP contribution in [0.1, 0.15) is 31.0 Å². The number of fused-ring (bicyclic) bond motifs is 1. The predicted octanol–water partition coefficient (Wildman–Crippen LogP) is 2.90. The van der Waals surface area contributed by atoms with Gasteiger partial charge in [0.05, 0.1) is 5.69 Å². The van der Waals surface area contributed by atoms with Crippen LogP contribution < -0.4 is 5.32 Å². The Morgan fingerprint density at radius 2 is 2.00 bits per heavy atom. The molecule has 3 atom stereocenters. The Hall–Kier alpha value is -1.65. The number of likely N-dealkylation sites (tertiary alicyclic amines) is 1. The SMILES string of the molecule is CCn1nccc1CNC1CCC2CN(Cc3ccccc3)CC21. The molecule has 1 N–H and O–H groups in total. The summed E-state index contributed by atoms with van der Waals surface area (Å²) in [7, 11) is 0. The van der Waals surface area contributed by atoms with E-state index in [1.54, 1.807) is 0 Å². The van der Waals surface area contributed by atoms with Crippen LogP contribution in [0.3, 0.4) is 0 Å². The fraction of sp³-hybridized carbons (Fsp3) is 0.550. The zero-order chi connectivity index (χ0) is 16.4. The zero-order valence-corrected chi connectivity index (χ0v) is 14.6. The minimum atomic E-state index is 0.663. The van der Waals surface area contributed by atoms with Crippen LogP contribution in [0.4, 0.5) is 0 Å². The molecule has 1 aromatic carbocycles. The van der Waals surface area contributed by atoms with Crippen LogP contribution in [0.2, 0.25) is 0 Å². The lowest BCUT2D eigenvalue weighted by Gasteiger charge is -2.22. The molecule has 0 amide bonds. The number of hydrogen-bond donors (Lipinski definition) is 1. The maximum atomic E-state index is 4.37. The van der Waals surface area contributed by atoms with Gasteiger partial charge in [0.1, 0.15) is 0 Å². The maximum absolute atomic E-state index is 4.37. The van der Waals surface area contributed by atoms with Crippen molar-refractivity contribution in [1.82, 2.24) is 20.0 Å². The summed E-state index contributed by atoms with van der Waals surface area (Å²) in [4.78, 5) is 2.65. The molecule has 1 saturated heterocycles. The third kappa shape index (κ3) is 3.26. The summed E-state index contributed by atoms with van der Waals surface area (Å²) in [5.41, 5.74) is 2.74. The molecular weight excluding hydrogens is 296 g/mol. The van der Waals surface area contributed by atoms with Gasteiger partial charge in [-0.05, 0) is 43.2 Å². The van der Waals surface area contributed by atoms with Crippen molar-refractivity contribution in [3.63, 3.8) is 0 Å². The van der Waals surface area contributed by atoms with Crippen LogP contribution in [0, 0.1) is 11.8 Å². The first-order valence-electron chi connectivity index (χ1n) is 9.34. The van der Waals surface area contributed by atoms with Gasteiger partial charge in [0.2, 0.25) is 0 Å². The number of aromatic nitrogens is 2. The first kappa shape index (κ1) is 15.9. The minimum absolute atomic E-state index is 0.663. The molecule has 4 rings (SSSR count). The molecule has 24 heavy (non-hydrogen) atoms. The van der Waals surface area contributed by atoms with Crippen LogP contribution in [0.5, 0.6) is 0 Å². The molecule has 1 aliphatic heterocycles. The van der Waals surface area contributed by atoms with E-state index in [0.29, 0.717) is 6.04 Å². The smallest absolute Gasteiger partial charge is 0.0522 e. The molecule has 4 nitrogen and oxygen atoms in total. The molecule has 2 fully saturated rings. The van der Waals surface area contributed by atoms with Gasteiger partial charge in [0.25, 0.3) is 0 Å². The minimum Gasteiger partial charge on any atom is -0.308 e. The number of nitrogens with one attached hydrogen (secondary N) is 1. The van der Waals surface area contributed by atoms with E-state index in [1.807, 2.05) is 6.20 Å². The van der Waals surface area contributed by atoms with E-state index in [-0.39, 0.29) is 0 Å². The second-order valence-electron chi connectivity index (χ2n) is 7.31. The van der Waals surface area contributed by atoms with Gasteiger partial charge < -0.3 is 5.32 Å². The van der Waals surface area contributed by atoms with Crippen LogP contribution in [-0.4, -0.2) is 33.8 Å². The Kier molecular flexibility index (Phi) is 4.67. The van der Waals surface area contributed by atoms with Gasteiger partial charge in [0, 0.05) is 45.0 Å². The summed E-state index contributed by atoms with van der Waals surface area (Å²) < 4.78 is 2.09. The number of aryl methyl sites for hydroxylation is 1. The predicted molar refractivity (Wildman–Crippen MR) is 96.5 cm³/mol. The standard InChI is InChI=1S/C20H28N4/c1-2-24-18(10-11-22-24)12-21-20-9-8-17-14-23(15-19(17)20)13-16-6-4-3-5-7-16/h3-7,10-11,17,19-21H,2,8-9,12-15H2,1H3. The molecule has 128 valence electrons. The lowest BCUT2D eigenvalue weighted by atomic mass is 9.98. The lowest BCUT2D eigenvalue weighted by molar-refractivity contribution is 0.288. The van der Waals surface area contributed by atoms with Crippen molar-refractivity contribution in [2.75, 3.05) is 13.1 Å². The van der Waals surface area contributed by atoms with E-state index in [2.05, 4.69) is 63.3 Å². The summed E-state index contributed by atoms with van der Waals surface area (Å²) in [6.45, 7) is 7.66. The van der Waals surface area contributed by atoms with Crippen molar-refractivity contribution in [2.24, 2.45) is 11.8 Å². The van der Waals surface area contributed by atoms with E-state index < -0.39 is 0 Å². The summed E-state index contributed by atoms with van der Waals surface area (Å²) in [6.07, 6.45) is 4.62. The van der Waals surface area contributed by atoms with E-state index in [1.165, 1.54) is 37.2 Å². The maximum Gasteiger partial charge on any atom is 0.0522 e. The third-order valence-corrected chi connectivity index (χ3v) is 5.83. The first-order valence-corrected chi connectivity index (χ1v) is 9.34. The van der Waals surface area contributed by atoms with Crippen molar-refractivity contribution in [2.45, 2.75) is 45.4 Å².